The van der Waals surface area contributed by atoms with Crippen LogP contribution in [-0.2, 0) is 16.1 Å². The normalized spacial score (nSPS) is 11.1. The summed E-state index contributed by atoms with van der Waals surface area (Å²) in [6, 6.07) is 20.3. The van der Waals surface area contributed by atoms with E-state index in [2.05, 4.69) is 29.2 Å². The van der Waals surface area contributed by atoms with E-state index in [9.17, 15) is 4.79 Å². The Morgan fingerprint density at radius 3 is 2.30 bits per heavy atom. The quantitative estimate of drug-likeness (QED) is 0.485. The molecule has 0 amide bonds. The number of carbonyl (C=O) groups excluding carboxylic acids is 1. The fourth-order valence-corrected chi connectivity index (χ4v) is 2.23. The van der Waals surface area contributed by atoms with Crippen LogP contribution in [0.1, 0.15) is 12.5 Å². The van der Waals surface area contributed by atoms with Crippen molar-refractivity contribution in [1.29, 1.82) is 0 Å². The molecule has 0 saturated heterocycles. The van der Waals surface area contributed by atoms with E-state index >= 15 is 0 Å². The Morgan fingerprint density at radius 1 is 1.09 bits per heavy atom. The molecule has 0 fully saturated rings. The fraction of sp³-hybridized carbons (Fsp3) is 0.211. The highest BCUT2D eigenvalue weighted by Crippen LogP contribution is 2.16. The first-order chi connectivity index (χ1) is 11.1. The van der Waals surface area contributed by atoms with Crippen LogP contribution in [0.15, 0.2) is 72.4 Å². The van der Waals surface area contributed by atoms with Crippen LogP contribution in [-0.4, -0.2) is 19.1 Å². The topological polar surface area (TPSA) is 55.6 Å². The molecule has 0 aliphatic heterocycles. The van der Waals surface area contributed by atoms with Gasteiger partial charge in [-0.3, -0.25) is 0 Å². The molecule has 120 valence electrons. The van der Waals surface area contributed by atoms with Crippen LogP contribution in [0.3, 0.4) is 0 Å². The maximum Gasteiger partial charge on any atom is 0.332 e. The summed E-state index contributed by atoms with van der Waals surface area (Å²) >= 11 is 0. The first-order valence-corrected chi connectivity index (χ1v) is 7.59. The number of para-hydroxylation sites is 1. The van der Waals surface area contributed by atoms with Crippen molar-refractivity contribution in [2.24, 2.45) is 5.73 Å². The van der Waals surface area contributed by atoms with Gasteiger partial charge in [-0.2, -0.15) is 0 Å². The lowest BCUT2D eigenvalue weighted by molar-refractivity contribution is -0.137. The van der Waals surface area contributed by atoms with Crippen molar-refractivity contribution in [2.45, 2.75) is 13.5 Å². The van der Waals surface area contributed by atoms with Gasteiger partial charge in [-0.25, -0.2) is 4.79 Å². The van der Waals surface area contributed by atoms with Crippen molar-refractivity contribution in [3.05, 3.63) is 78.0 Å². The van der Waals surface area contributed by atoms with Gasteiger partial charge in [-0.15, -0.1) is 0 Å². The van der Waals surface area contributed by atoms with Gasteiger partial charge in [0, 0.05) is 24.0 Å². The van der Waals surface area contributed by atoms with Crippen molar-refractivity contribution in [3.63, 3.8) is 0 Å². The van der Waals surface area contributed by atoms with E-state index in [1.807, 2.05) is 36.4 Å². The molecule has 2 aromatic rings. The number of anilines is 1. The van der Waals surface area contributed by atoms with Crippen LogP contribution in [0.2, 0.25) is 0 Å². The number of benzene rings is 2. The second kappa shape index (κ2) is 8.63. The molecular weight excluding hydrogens is 289 g/mol. The summed E-state index contributed by atoms with van der Waals surface area (Å²) in [6.45, 7) is 3.34. The van der Waals surface area contributed by atoms with Crippen molar-refractivity contribution in [1.82, 2.24) is 0 Å². The predicted molar refractivity (Wildman–Crippen MR) is 92.8 cm³/mol. The summed E-state index contributed by atoms with van der Waals surface area (Å²) in [5.41, 5.74) is 8.22. The van der Waals surface area contributed by atoms with Gasteiger partial charge < -0.3 is 15.4 Å². The maximum absolute atomic E-state index is 11.5. The van der Waals surface area contributed by atoms with Crippen LogP contribution in [0.4, 0.5) is 5.69 Å². The lowest BCUT2D eigenvalue weighted by Crippen LogP contribution is -2.27. The van der Waals surface area contributed by atoms with Gasteiger partial charge in [-0.05, 0) is 24.6 Å². The zero-order valence-corrected chi connectivity index (χ0v) is 13.3. The van der Waals surface area contributed by atoms with Gasteiger partial charge in [0.25, 0.3) is 0 Å². The molecule has 0 radical (unpaired) electrons. The van der Waals surface area contributed by atoms with E-state index < -0.39 is 5.97 Å². The summed E-state index contributed by atoms with van der Waals surface area (Å²) in [5, 5.41) is 0. The Hall–Kier alpha value is -2.75. The number of allylic oxidation sites excluding steroid dienone is 1. The van der Waals surface area contributed by atoms with Crippen LogP contribution < -0.4 is 10.6 Å². The Morgan fingerprint density at radius 2 is 1.70 bits per heavy atom. The number of esters is 1. The molecule has 0 spiro atoms. The molecule has 0 aliphatic rings. The smallest absolute Gasteiger partial charge is 0.332 e. The molecule has 2 rings (SSSR count). The Bertz CT molecular complexity index is 635. The average Bonchev–Trinajstić information content (AvgIpc) is 2.55. The lowest BCUT2D eigenvalue weighted by Gasteiger charge is -2.24. The minimum atomic E-state index is -0.405. The highest BCUT2D eigenvalue weighted by molar-refractivity contribution is 5.82. The monoisotopic (exact) mass is 311 g/mol. The number of nitrogens with zero attached hydrogens (tertiary/aromatic N) is 1. The molecule has 0 atom stereocenters. The predicted octanol–water partition coefficient (Wildman–Crippen LogP) is 3.10. The first kappa shape index (κ1) is 16.6. The molecule has 2 aromatic carbocycles. The molecule has 4 heteroatoms. The Balaban J connectivity index is 2.00. The van der Waals surface area contributed by atoms with Gasteiger partial charge in [0.1, 0.15) is 6.61 Å². The highest BCUT2D eigenvalue weighted by Gasteiger charge is 2.08. The third-order valence-corrected chi connectivity index (χ3v) is 3.29. The molecule has 23 heavy (non-hydrogen) atoms. The van der Waals surface area contributed by atoms with Crippen LogP contribution in [0.25, 0.3) is 0 Å². The van der Waals surface area contributed by atoms with Crippen molar-refractivity contribution in [3.8, 4) is 0 Å². The summed E-state index contributed by atoms with van der Waals surface area (Å²) < 4.78 is 5.21. The van der Waals surface area contributed by atoms with Gasteiger partial charge >= 0.3 is 5.97 Å². The summed E-state index contributed by atoms with van der Waals surface area (Å²) in [7, 11) is 0. The first-order valence-electron chi connectivity index (χ1n) is 7.59. The molecule has 0 heterocycles. The number of carbonyl (C=O) groups is 1. The number of rotatable bonds is 7. The molecule has 0 aliphatic carbocycles. The average molecular weight is 311 g/mol. The fourth-order valence-electron chi connectivity index (χ4n) is 2.23. The maximum atomic E-state index is 11.5. The molecule has 0 unspecified atom stereocenters. The lowest BCUT2D eigenvalue weighted by atomic mass is 10.2. The number of hydrogen-bond donors (Lipinski definition) is 1. The summed E-state index contributed by atoms with van der Waals surface area (Å²) in [5.74, 6) is -0.405. The van der Waals surface area contributed by atoms with Crippen molar-refractivity contribution >= 4 is 11.7 Å². The SMILES string of the molecule is [13CH3]/C(N)=C/C(=O)OCCN(Cc1ccccc1)c1ccccc1. The molecule has 4 nitrogen and oxygen atoms in total. The van der Waals surface area contributed by atoms with E-state index in [-0.39, 0.29) is 0 Å². The Kier molecular flexibility index (Phi) is 6.24. The van der Waals surface area contributed by atoms with Crippen LogP contribution >= 0.6 is 0 Å². The zero-order valence-electron chi connectivity index (χ0n) is 13.3. The van der Waals surface area contributed by atoms with Gasteiger partial charge in [0.2, 0.25) is 0 Å². The number of nitrogens with two attached hydrogens (primary N) is 1. The van der Waals surface area contributed by atoms with Crippen molar-refractivity contribution in [2.75, 3.05) is 18.1 Å². The molecule has 0 saturated carbocycles. The van der Waals surface area contributed by atoms with Gasteiger partial charge in [0.05, 0.1) is 6.54 Å². The van der Waals surface area contributed by atoms with E-state index in [0.717, 1.165) is 12.2 Å². The van der Waals surface area contributed by atoms with Crippen molar-refractivity contribution < 1.29 is 9.53 Å². The largest absolute Gasteiger partial charge is 0.461 e. The van der Waals surface area contributed by atoms with E-state index in [4.69, 9.17) is 10.5 Å². The van der Waals surface area contributed by atoms with E-state index in [1.165, 1.54) is 11.6 Å². The molecule has 0 bridgehead atoms. The second-order valence-electron chi connectivity index (χ2n) is 5.30. The highest BCUT2D eigenvalue weighted by atomic mass is 16.5. The Labute approximate surface area is 137 Å². The molecular formula is C19H22N2O2. The number of ether oxygens (including phenoxy) is 1. The van der Waals surface area contributed by atoms with E-state index in [1.54, 1.807) is 6.92 Å². The molecule has 0 aromatic heterocycles. The second-order valence-corrected chi connectivity index (χ2v) is 5.30. The van der Waals surface area contributed by atoms with E-state index in [0.29, 0.717) is 18.8 Å². The number of hydrogen-bond acceptors (Lipinski definition) is 4. The standard InChI is InChI=1S/C19H22N2O2/c1-16(20)14-19(22)23-13-12-21(18-10-6-3-7-11-18)15-17-8-4-2-5-9-17/h2-11,14H,12-13,15,20H2,1H3/b16-14-/i1+1. The zero-order chi connectivity index (χ0) is 16.5. The van der Waals surface area contributed by atoms with Crippen LogP contribution in [0, 0.1) is 0 Å². The van der Waals surface area contributed by atoms with Gasteiger partial charge in [0.15, 0.2) is 0 Å². The minimum Gasteiger partial charge on any atom is -0.461 e. The summed E-state index contributed by atoms with van der Waals surface area (Å²) in [4.78, 5) is 13.7. The third kappa shape index (κ3) is 5.87. The summed E-state index contributed by atoms with van der Waals surface area (Å²) in [6.07, 6.45) is 1.30. The van der Waals surface area contributed by atoms with Gasteiger partial charge in [-0.1, -0.05) is 48.5 Å². The van der Waals surface area contributed by atoms with Crippen LogP contribution in [0.5, 0.6) is 0 Å². The molecule has 2 N–H and O–H groups in total. The minimum absolute atomic E-state index is 0.310. The third-order valence-electron chi connectivity index (χ3n) is 3.29.